The zero-order valence-corrected chi connectivity index (χ0v) is 11.0. The summed E-state index contributed by atoms with van der Waals surface area (Å²) >= 11 is 0. The summed E-state index contributed by atoms with van der Waals surface area (Å²) in [7, 11) is 1.55. The topological polar surface area (TPSA) is 75.6 Å². The van der Waals surface area contributed by atoms with Gasteiger partial charge in [-0.25, -0.2) is 0 Å². The van der Waals surface area contributed by atoms with Crippen LogP contribution in [0.15, 0.2) is 24.3 Å². The molecule has 5 heteroatoms. The number of carbonyl (C=O) groups excluding carboxylic acids is 1. The number of ether oxygens (including phenoxy) is 1. The van der Waals surface area contributed by atoms with Gasteiger partial charge < -0.3 is 15.2 Å². The van der Waals surface area contributed by atoms with E-state index < -0.39 is 5.97 Å². The number of carboxylic acid groups (broad SMARTS) is 1. The Hall–Kier alpha value is -2.30. The van der Waals surface area contributed by atoms with Crippen molar-refractivity contribution in [2.45, 2.75) is 13.3 Å². The van der Waals surface area contributed by atoms with Gasteiger partial charge in [0.1, 0.15) is 5.75 Å². The Morgan fingerprint density at radius 1 is 1.42 bits per heavy atom. The third-order valence-electron chi connectivity index (χ3n) is 2.46. The van der Waals surface area contributed by atoms with E-state index in [0.29, 0.717) is 17.9 Å². The molecule has 0 atom stereocenters. The van der Waals surface area contributed by atoms with Gasteiger partial charge in [-0.15, -0.1) is 0 Å². The lowest BCUT2D eigenvalue weighted by atomic mass is 10.0. The first kappa shape index (κ1) is 14.8. The average molecular weight is 263 g/mol. The van der Waals surface area contributed by atoms with Crippen molar-refractivity contribution in [3.63, 3.8) is 0 Å². The third kappa shape index (κ3) is 5.25. The predicted octanol–water partition coefficient (Wildman–Crippen LogP) is 1.47. The van der Waals surface area contributed by atoms with Gasteiger partial charge in [-0.3, -0.25) is 9.59 Å². The molecule has 1 aromatic rings. The van der Waals surface area contributed by atoms with Crippen molar-refractivity contribution in [1.82, 2.24) is 5.32 Å². The molecule has 0 saturated carbocycles. The van der Waals surface area contributed by atoms with Crippen molar-refractivity contribution in [3.05, 3.63) is 35.4 Å². The molecule has 0 fully saturated rings. The van der Waals surface area contributed by atoms with E-state index >= 15 is 0 Å². The highest BCUT2D eigenvalue weighted by molar-refractivity contribution is 5.74. The molecule has 0 saturated heterocycles. The maximum Gasteiger partial charge on any atom is 0.307 e. The zero-order chi connectivity index (χ0) is 14.3. The first-order valence-electron chi connectivity index (χ1n) is 5.82. The fourth-order valence-corrected chi connectivity index (χ4v) is 1.57. The van der Waals surface area contributed by atoms with Gasteiger partial charge in [-0.05, 0) is 23.3 Å². The lowest BCUT2D eigenvalue weighted by Gasteiger charge is -2.07. The number of amides is 1. The molecule has 102 valence electrons. The molecule has 0 bridgehead atoms. The summed E-state index contributed by atoms with van der Waals surface area (Å²) in [5.74, 6) is -0.337. The van der Waals surface area contributed by atoms with Gasteiger partial charge in [0.15, 0.2) is 0 Å². The molecule has 1 aromatic carbocycles. The molecular formula is C14H17NO4. The predicted molar refractivity (Wildman–Crippen MR) is 72.1 cm³/mol. The molecule has 1 rings (SSSR count). The fraction of sp³-hybridized carbons (Fsp3) is 0.286. The van der Waals surface area contributed by atoms with Crippen LogP contribution in [0.25, 0.3) is 6.08 Å². The Morgan fingerprint density at radius 2 is 2.16 bits per heavy atom. The molecule has 1 amide bonds. The van der Waals surface area contributed by atoms with Gasteiger partial charge in [-0.2, -0.15) is 0 Å². The second kappa shape index (κ2) is 7.20. The van der Waals surface area contributed by atoms with E-state index in [4.69, 9.17) is 9.84 Å². The van der Waals surface area contributed by atoms with Crippen LogP contribution >= 0.6 is 0 Å². The number of benzene rings is 1. The first-order chi connectivity index (χ1) is 9.02. The van der Waals surface area contributed by atoms with Gasteiger partial charge >= 0.3 is 5.97 Å². The number of carboxylic acids is 1. The minimum absolute atomic E-state index is 0.0518. The fourth-order valence-electron chi connectivity index (χ4n) is 1.57. The molecule has 0 aliphatic rings. The second-order valence-electron chi connectivity index (χ2n) is 3.97. The Bertz CT molecular complexity index is 494. The summed E-state index contributed by atoms with van der Waals surface area (Å²) in [6, 6.07) is 5.22. The van der Waals surface area contributed by atoms with Crippen LogP contribution in [0.4, 0.5) is 0 Å². The SMILES string of the molecule is COc1ccc(CC(=O)O)c(C=CCNC(C)=O)c1. The molecule has 5 nitrogen and oxygen atoms in total. The van der Waals surface area contributed by atoms with Crippen LogP contribution in [0.3, 0.4) is 0 Å². The largest absolute Gasteiger partial charge is 0.497 e. The maximum absolute atomic E-state index is 10.8. The van der Waals surface area contributed by atoms with Gasteiger partial charge in [0.25, 0.3) is 0 Å². The maximum atomic E-state index is 10.8. The van der Waals surface area contributed by atoms with E-state index in [-0.39, 0.29) is 12.3 Å². The van der Waals surface area contributed by atoms with Crippen molar-refractivity contribution in [3.8, 4) is 5.75 Å². The number of methoxy groups -OCH3 is 1. The van der Waals surface area contributed by atoms with Gasteiger partial charge in [0.2, 0.25) is 5.91 Å². The van der Waals surface area contributed by atoms with E-state index in [1.807, 2.05) is 0 Å². The minimum Gasteiger partial charge on any atom is -0.497 e. The summed E-state index contributed by atoms with van der Waals surface area (Å²) in [5, 5.41) is 11.5. The molecule has 19 heavy (non-hydrogen) atoms. The summed E-state index contributed by atoms with van der Waals surface area (Å²) in [6.45, 7) is 1.84. The van der Waals surface area contributed by atoms with E-state index in [2.05, 4.69) is 5.32 Å². The lowest BCUT2D eigenvalue weighted by molar-refractivity contribution is -0.136. The lowest BCUT2D eigenvalue weighted by Crippen LogP contribution is -2.19. The van der Waals surface area contributed by atoms with Gasteiger partial charge in [-0.1, -0.05) is 18.2 Å². The molecule has 0 unspecified atom stereocenters. The standard InChI is InChI=1S/C14H17NO4/c1-10(16)15-7-3-4-11-8-13(19-2)6-5-12(11)9-14(17)18/h3-6,8H,7,9H2,1-2H3,(H,15,16)(H,17,18). The molecule has 0 aromatic heterocycles. The van der Waals surface area contributed by atoms with Crippen LogP contribution < -0.4 is 10.1 Å². The van der Waals surface area contributed by atoms with Crippen molar-refractivity contribution >= 4 is 18.0 Å². The van der Waals surface area contributed by atoms with E-state index in [9.17, 15) is 9.59 Å². The highest BCUT2D eigenvalue weighted by Crippen LogP contribution is 2.19. The molecule has 0 spiro atoms. The van der Waals surface area contributed by atoms with Crippen LogP contribution in [-0.2, 0) is 16.0 Å². The number of rotatable bonds is 6. The van der Waals surface area contributed by atoms with Crippen molar-refractivity contribution < 1.29 is 19.4 Å². The van der Waals surface area contributed by atoms with Crippen LogP contribution in [0.2, 0.25) is 0 Å². The van der Waals surface area contributed by atoms with Crippen molar-refractivity contribution in [2.24, 2.45) is 0 Å². The van der Waals surface area contributed by atoms with Gasteiger partial charge in [0, 0.05) is 13.5 Å². The summed E-state index contributed by atoms with van der Waals surface area (Å²) in [6.07, 6.45) is 3.49. The molecule has 0 aliphatic heterocycles. The smallest absolute Gasteiger partial charge is 0.307 e. The van der Waals surface area contributed by atoms with Crippen LogP contribution in [0.5, 0.6) is 5.75 Å². The Morgan fingerprint density at radius 3 is 2.74 bits per heavy atom. The summed E-state index contributed by atoms with van der Waals surface area (Å²) in [5.41, 5.74) is 1.47. The van der Waals surface area contributed by atoms with Crippen LogP contribution in [0.1, 0.15) is 18.1 Å². The molecule has 0 aliphatic carbocycles. The van der Waals surface area contributed by atoms with Crippen LogP contribution in [0, 0.1) is 0 Å². The highest BCUT2D eigenvalue weighted by atomic mass is 16.5. The Balaban J connectivity index is 2.87. The van der Waals surface area contributed by atoms with E-state index in [1.54, 1.807) is 37.5 Å². The Kier molecular flexibility index (Phi) is 5.60. The number of carbonyl (C=O) groups is 2. The Labute approximate surface area is 111 Å². The minimum atomic E-state index is -0.887. The molecular weight excluding hydrogens is 246 g/mol. The number of hydrogen-bond acceptors (Lipinski definition) is 3. The summed E-state index contributed by atoms with van der Waals surface area (Å²) in [4.78, 5) is 21.5. The monoisotopic (exact) mass is 263 g/mol. The van der Waals surface area contributed by atoms with Gasteiger partial charge in [0.05, 0.1) is 13.5 Å². The second-order valence-corrected chi connectivity index (χ2v) is 3.97. The van der Waals surface area contributed by atoms with Crippen LogP contribution in [-0.4, -0.2) is 30.6 Å². The summed E-state index contributed by atoms with van der Waals surface area (Å²) < 4.78 is 5.11. The van der Waals surface area contributed by atoms with E-state index in [0.717, 1.165) is 5.56 Å². The number of nitrogens with one attached hydrogen (secondary N) is 1. The van der Waals surface area contributed by atoms with Crippen molar-refractivity contribution in [1.29, 1.82) is 0 Å². The first-order valence-corrected chi connectivity index (χ1v) is 5.82. The molecule has 0 heterocycles. The third-order valence-corrected chi connectivity index (χ3v) is 2.46. The molecule has 2 N–H and O–H groups in total. The normalized spacial score (nSPS) is 10.4. The zero-order valence-electron chi connectivity index (χ0n) is 11.0. The highest BCUT2D eigenvalue weighted by Gasteiger charge is 2.06. The quantitative estimate of drug-likeness (QED) is 0.815. The average Bonchev–Trinajstić information content (AvgIpc) is 2.35. The van der Waals surface area contributed by atoms with Crippen molar-refractivity contribution in [2.75, 3.05) is 13.7 Å². The molecule has 0 radical (unpaired) electrons. The number of aliphatic carboxylic acids is 1. The number of hydrogen-bond donors (Lipinski definition) is 2. The van der Waals surface area contributed by atoms with E-state index in [1.165, 1.54) is 6.92 Å².